The molecule has 22 heavy (non-hydrogen) atoms. The molecule has 0 bridgehead atoms. The highest BCUT2D eigenvalue weighted by atomic mass is 16.5. The third-order valence-electron chi connectivity index (χ3n) is 3.36. The SMILES string of the molecule is COc1ccc(NC(=O)Nc2ccc(C(C)(C)C)cc2)cc1. The Labute approximate surface area is 131 Å². The van der Waals surface area contributed by atoms with Gasteiger partial charge < -0.3 is 15.4 Å². The van der Waals surface area contributed by atoms with Gasteiger partial charge in [-0.15, -0.1) is 0 Å². The zero-order valence-corrected chi connectivity index (χ0v) is 13.4. The normalized spacial score (nSPS) is 10.9. The third kappa shape index (κ3) is 4.25. The van der Waals surface area contributed by atoms with Crippen molar-refractivity contribution in [2.75, 3.05) is 17.7 Å². The molecule has 2 aromatic rings. The van der Waals surface area contributed by atoms with Crippen molar-refractivity contribution < 1.29 is 9.53 Å². The Balaban J connectivity index is 1.96. The average molecular weight is 298 g/mol. The van der Waals surface area contributed by atoms with E-state index in [2.05, 4.69) is 31.4 Å². The minimum atomic E-state index is -0.270. The quantitative estimate of drug-likeness (QED) is 0.867. The zero-order chi connectivity index (χ0) is 16.2. The van der Waals surface area contributed by atoms with Gasteiger partial charge in [-0.05, 0) is 47.4 Å². The number of amides is 2. The van der Waals surface area contributed by atoms with E-state index in [1.807, 2.05) is 24.3 Å². The van der Waals surface area contributed by atoms with E-state index < -0.39 is 0 Å². The number of rotatable bonds is 3. The van der Waals surface area contributed by atoms with Gasteiger partial charge in [0, 0.05) is 11.4 Å². The molecule has 0 fully saturated rings. The Kier molecular flexibility index (Phi) is 4.71. The Hall–Kier alpha value is -2.49. The Morgan fingerprint density at radius 1 is 0.864 bits per heavy atom. The molecule has 0 heterocycles. The van der Waals surface area contributed by atoms with Crippen LogP contribution in [0.2, 0.25) is 0 Å². The zero-order valence-electron chi connectivity index (χ0n) is 13.4. The molecule has 2 rings (SSSR count). The number of anilines is 2. The molecule has 0 radical (unpaired) electrons. The first kappa shape index (κ1) is 15.9. The van der Waals surface area contributed by atoms with Crippen molar-refractivity contribution in [2.24, 2.45) is 0 Å². The molecule has 116 valence electrons. The first-order valence-electron chi connectivity index (χ1n) is 7.21. The number of hydrogen-bond acceptors (Lipinski definition) is 2. The van der Waals surface area contributed by atoms with E-state index in [9.17, 15) is 4.79 Å². The van der Waals surface area contributed by atoms with Crippen LogP contribution in [0, 0.1) is 0 Å². The number of urea groups is 1. The van der Waals surface area contributed by atoms with Gasteiger partial charge in [0.15, 0.2) is 0 Å². The summed E-state index contributed by atoms with van der Waals surface area (Å²) in [5.74, 6) is 0.753. The molecule has 0 unspecified atom stereocenters. The Morgan fingerprint density at radius 2 is 1.32 bits per heavy atom. The summed E-state index contributed by atoms with van der Waals surface area (Å²) in [5.41, 5.74) is 2.81. The van der Waals surface area contributed by atoms with Gasteiger partial charge >= 0.3 is 6.03 Å². The van der Waals surface area contributed by atoms with Gasteiger partial charge in [-0.2, -0.15) is 0 Å². The molecule has 0 spiro atoms. The van der Waals surface area contributed by atoms with E-state index >= 15 is 0 Å². The van der Waals surface area contributed by atoms with E-state index in [0.717, 1.165) is 11.4 Å². The summed E-state index contributed by atoms with van der Waals surface area (Å²) in [4.78, 5) is 12.0. The maximum atomic E-state index is 12.0. The van der Waals surface area contributed by atoms with Crippen LogP contribution in [0.15, 0.2) is 48.5 Å². The molecule has 0 saturated heterocycles. The Bertz CT molecular complexity index is 626. The number of ether oxygens (including phenoxy) is 1. The lowest BCUT2D eigenvalue weighted by Crippen LogP contribution is -2.19. The molecule has 0 aliphatic heterocycles. The van der Waals surface area contributed by atoms with Crippen LogP contribution in [-0.4, -0.2) is 13.1 Å². The van der Waals surface area contributed by atoms with Gasteiger partial charge in [0.05, 0.1) is 7.11 Å². The summed E-state index contributed by atoms with van der Waals surface area (Å²) in [5, 5.41) is 5.60. The van der Waals surface area contributed by atoms with Crippen LogP contribution >= 0.6 is 0 Å². The predicted octanol–water partition coefficient (Wildman–Crippen LogP) is 4.64. The topological polar surface area (TPSA) is 50.4 Å². The first-order valence-corrected chi connectivity index (χ1v) is 7.21. The molecular weight excluding hydrogens is 276 g/mol. The van der Waals surface area contributed by atoms with Crippen molar-refractivity contribution in [1.29, 1.82) is 0 Å². The van der Waals surface area contributed by atoms with Crippen molar-refractivity contribution in [1.82, 2.24) is 0 Å². The number of benzene rings is 2. The van der Waals surface area contributed by atoms with Crippen LogP contribution in [-0.2, 0) is 5.41 Å². The van der Waals surface area contributed by atoms with Gasteiger partial charge in [-0.1, -0.05) is 32.9 Å². The standard InChI is InChI=1S/C18H22N2O2/c1-18(2,3)13-5-7-14(8-6-13)19-17(21)20-15-9-11-16(22-4)12-10-15/h5-12H,1-4H3,(H2,19,20,21). The predicted molar refractivity (Wildman–Crippen MR) is 90.8 cm³/mol. The minimum absolute atomic E-state index is 0.101. The summed E-state index contributed by atoms with van der Waals surface area (Å²) < 4.78 is 5.08. The van der Waals surface area contributed by atoms with Crippen LogP contribution < -0.4 is 15.4 Å². The maximum absolute atomic E-state index is 12.0. The van der Waals surface area contributed by atoms with Gasteiger partial charge in [0.1, 0.15) is 5.75 Å². The Morgan fingerprint density at radius 3 is 1.73 bits per heavy atom. The van der Waals surface area contributed by atoms with Gasteiger partial charge in [-0.3, -0.25) is 0 Å². The van der Waals surface area contributed by atoms with E-state index in [-0.39, 0.29) is 11.4 Å². The largest absolute Gasteiger partial charge is 0.497 e. The third-order valence-corrected chi connectivity index (χ3v) is 3.36. The fourth-order valence-electron chi connectivity index (χ4n) is 2.02. The first-order chi connectivity index (χ1) is 10.4. The molecule has 4 nitrogen and oxygen atoms in total. The average Bonchev–Trinajstić information content (AvgIpc) is 2.47. The van der Waals surface area contributed by atoms with E-state index in [1.165, 1.54) is 5.56 Å². The summed E-state index contributed by atoms with van der Waals surface area (Å²) >= 11 is 0. The monoisotopic (exact) mass is 298 g/mol. The maximum Gasteiger partial charge on any atom is 0.323 e. The lowest BCUT2D eigenvalue weighted by atomic mass is 9.87. The van der Waals surface area contributed by atoms with Crippen molar-refractivity contribution in [2.45, 2.75) is 26.2 Å². The number of hydrogen-bond donors (Lipinski definition) is 2. The van der Waals surface area contributed by atoms with Gasteiger partial charge in [0.25, 0.3) is 0 Å². The summed E-state index contributed by atoms with van der Waals surface area (Å²) in [6.07, 6.45) is 0. The highest BCUT2D eigenvalue weighted by molar-refractivity contribution is 5.99. The molecule has 2 N–H and O–H groups in total. The molecule has 4 heteroatoms. The fourth-order valence-corrected chi connectivity index (χ4v) is 2.02. The molecule has 0 saturated carbocycles. The van der Waals surface area contributed by atoms with Crippen LogP contribution in [0.25, 0.3) is 0 Å². The number of methoxy groups -OCH3 is 1. The number of nitrogens with one attached hydrogen (secondary N) is 2. The van der Waals surface area contributed by atoms with Crippen LogP contribution in [0.3, 0.4) is 0 Å². The smallest absolute Gasteiger partial charge is 0.323 e. The van der Waals surface area contributed by atoms with E-state index in [0.29, 0.717) is 5.69 Å². The number of carbonyl (C=O) groups is 1. The van der Waals surface area contributed by atoms with Crippen LogP contribution in [0.1, 0.15) is 26.3 Å². The van der Waals surface area contributed by atoms with Crippen molar-refractivity contribution in [3.8, 4) is 5.75 Å². The van der Waals surface area contributed by atoms with Crippen molar-refractivity contribution in [3.05, 3.63) is 54.1 Å². The van der Waals surface area contributed by atoms with Crippen molar-refractivity contribution >= 4 is 17.4 Å². The summed E-state index contributed by atoms with van der Waals surface area (Å²) in [7, 11) is 1.61. The van der Waals surface area contributed by atoms with Crippen molar-refractivity contribution in [3.63, 3.8) is 0 Å². The molecule has 0 aliphatic carbocycles. The second-order valence-electron chi connectivity index (χ2n) is 6.13. The second kappa shape index (κ2) is 6.52. The van der Waals surface area contributed by atoms with Gasteiger partial charge in [-0.25, -0.2) is 4.79 Å². The van der Waals surface area contributed by atoms with Crippen LogP contribution in [0.4, 0.5) is 16.2 Å². The molecule has 0 aliphatic rings. The highest BCUT2D eigenvalue weighted by Gasteiger charge is 2.13. The minimum Gasteiger partial charge on any atom is -0.497 e. The van der Waals surface area contributed by atoms with E-state index in [4.69, 9.17) is 4.74 Å². The summed E-state index contributed by atoms with van der Waals surface area (Å²) in [6.45, 7) is 6.48. The molecular formula is C18H22N2O2. The molecule has 0 atom stereocenters. The fraction of sp³-hybridized carbons (Fsp3) is 0.278. The molecule has 2 aromatic carbocycles. The number of carbonyl (C=O) groups excluding carboxylic acids is 1. The van der Waals surface area contributed by atoms with E-state index in [1.54, 1.807) is 31.4 Å². The lowest BCUT2D eigenvalue weighted by Gasteiger charge is -2.19. The molecule has 0 aromatic heterocycles. The summed E-state index contributed by atoms with van der Waals surface area (Å²) in [6, 6.07) is 14.8. The van der Waals surface area contributed by atoms with Gasteiger partial charge in [0.2, 0.25) is 0 Å². The molecule has 2 amide bonds. The lowest BCUT2D eigenvalue weighted by molar-refractivity contribution is 0.262. The second-order valence-corrected chi connectivity index (χ2v) is 6.13. The van der Waals surface area contributed by atoms with Crippen LogP contribution in [0.5, 0.6) is 5.75 Å². The highest BCUT2D eigenvalue weighted by Crippen LogP contribution is 2.23.